The van der Waals surface area contributed by atoms with Gasteiger partial charge in [-0.25, -0.2) is 0 Å². The fraction of sp³-hybridized carbons (Fsp3) is 1.00. The van der Waals surface area contributed by atoms with Gasteiger partial charge in [0.2, 0.25) is 0 Å². The van der Waals surface area contributed by atoms with E-state index in [-0.39, 0.29) is 12.1 Å². The Morgan fingerprint density at radius 3 is 2.06 bits per heavy atom. The highest BCUT2D eigenvalue weighted by Gasteiger charge is 2.47. The molecule has 0 saturated heterocycles. The fourth-order valence-corrected chi connectivity index (χ4v) is 5.08. The van der Waals surface area contributed by atoms with Gasteiger partial charge in [-0.1, -0.05) is 0 Å². The summed E-state index contributed by atoms with van der Waals surface area (Å²) < 4.78 is 0. The lowest BCUT2D eigenvalue weighted by Crippen LogP contribution is -2.47. The van der Waals surface area contributed by atoms with Gasteiger partial charge < -0.3 is 10.8 Å². The van der Waals surface area contributed by atoms with E-state index in [0.29, 0.717) is 0 Å². The molecule has 1 unspecified atom stereocenters. The molecule has 0 amide bonds. The Balaban J connectivity index is 1.61. The van der Waals surface area contributed by atoms with Crippen molar-refractivity contribution >= 4 is 0 Å². The summed E-state index contributed by atoms with van der Waals surface area (Å²) >= 11 is 0. The van der Waals surface area contributed by atoms with Crippen LogP contribution in [-0.4, -0.2) is 17.3 Å². The van der Waals surface area contributed by atoms with Gasteiger partial charge in [0.15, 0.2) is 0 Å². The summed E-state index contributed by atoms with van der Waals surface area (Å²) in [5, 5.41) is 9.25. The van der Waals surface area contributed by atoms with E-state index in [4.69, 9.17) is 5.73 Å². The van der Waals surface area contributed by atoms with Crippen LogP contribution in [0.1, 0.15) is 51.9 Å². The van der Waals surface area contributed by atoms with Crippen LogP contribution in [0.5, 0.6) is 0 Å². The predicted molar refractivity (Wildman–Crippen MR) is 69.4 cm³/mol. The van der Waals surface area contributed by atoms with Crippen molar-refractivity contribution in [2.24, 2.45) is 35.3 Å². The van der Waals surface area contributed by atoms with Crippen molar-refractivity contribution in [3.05, 3.63) is 0 Å². The molecule has 0 aromatic rings. The molecule has 2 heteroatoms. The maximum atomic E-state index is 9.25. The highest BCUT2D eigenvalue weighted by molar-refractivity contribution is 4.98. The van der Waals surface area contributed by atoms with Gasteiger partial charge in [0.1, 0.15) is 0 Å². The molecule has 0 aliphatic heterocycles. The molecule has 4 saturated carbocycles. The first-order valence-electron chi connectivity index (χ1n) is 7.47. The molecule has 4 rings (SSSR count). The Kier molecular flexibility index (Phi) is 2.99. The lowest BCUT2D eigenvalue weighted by Gasteiger charge is -2.55. The highest BCUT2D eigenvalue weighted by Crippen LogP contribution is 2.57. The van der Waals surface area contributed by atoms with Crippen LogP contribution in [-0.2, 0) is 0 Å². The average molecular weight is 237 g/mol. The summed E-state index contributed by atoms with van der Waals surface area (Å²) in [6, 6.07) is 0. The van der Waals surface area contributed by atoms with Crippen LogP contribution >= 0.6 is 0 Å². The Bertz CT molecular complexity index is 259. The average Bonchev–Trinajstić information content (AvgIpc) is 2.27. The zero-order chi connectivity index (χ0) is 12.0. The maximum Gasteiger partial charge on any atom is 0.0608 e. The first-order valence-corrected chi connectivity index (χ1v) is 7.47. The number of rotatable bonds is 4. The van der Waals surface area contributed by atoms with Gasteiger partial charge in [-0.3, -0.25) is 0 Å². The van der Waals surface area contributed by atoms with Gasteiger partial charge in [0, 0.05) is 5.54 Å². The third kappa shape index (κ3) is 2.26. The first kappa shape index (κ1) is 12.0. The summed E-state index contributed by atoms with van der Waals surface area (Å²) in [6.45, 7) is 2.11. The molecule has 3 N–H and O–H groups in total. The second-order valence-electron chi connectivity index (χ2n) is 7.45. The molecule has 17 heavy (non-hydrogen) atoms. The topological polar surface area (TPSA) is 46.2 Å². The minimum Gasteiger partial charge on any atom is -0.394 e. The molecule has 98 valence electrons. The quantitative estimate of drug-likeness (QED) is 0.789. The number of hydrogen-bond donors (Lipinski definition) is 2. The van der Waals surface area contributed by atoms with Crippen molar-refractivity contribution in [1.82, 2.24) is 0 Å². The van der Waals surface area contributed by atoms with Crippen LogP contribution < -0.4 is 5.73 Å². The summed E-state index contributed by atoms with van der Waals surface area (Å²) in [6.07, 6.45) is 9.77. The number of nitrogens with two attached hydrogens (primary N) is 1. The van der Waals surface area contributed by atoms with Crippen molar-refractivity contribution in [1.29, 1.82) is 0 Å². The summed E-state index contributed by atoms with van der Waals surface area (Å²) in [7, 11) is 0. The first-order chi connectivity index (χ1) is 8.07. The molecule has 2 nitrogen and oxygen atoms in total. The molecular formula is C15H27NO. The Labute approximate surface area is 105 Å². The van der Waals surface area contributed by atoms with Gasteiger partial charge in [-0.05, 0) is 81.5 Å². The normalized spacial score (nSPS) is 47.1. The smallest absolute Gasteiger partial charge is 0.0608 e. The third-order valence-electron chi connectivity index (χ3n) is 5.83. The molecule has 0 radical (unpaired) electrons. The highest BCUT2D eigenvalue weighted by atomic mass is 16.3. The molecule has 4 bridgehead atoms. The van der Waals surface area contributed by atoms with Crippen LogP contribution in [0, 0.1) is 29.6 Å². The van der Waals surface area contributed by atoms with E-state index in [1.807, 2.05) is 6.92 Å². The molecule has 4 aliphatic carbocycles. The minimum atomic E-state index is -0.353. The number of aliphatic hydroxyl groups excluding tert-OH is 1. The molecule has 0 aromatic heterocycles. The zero-order valence-corrected chi connectivity index (χ0v) is 11.1. The van der Waals surface area contributed by atoms with E-state index in [0.717, 1.165) is 36.0 Å². The summed E-state index contributed by atoms with van der Waals surface area (Å²) in [4.78, 5) is 0. The van der Waals surface area contributed by atoms with Crippen LogP contribution in [0.3, 0.4) is 0 Å². The monoisotopic (exact) mass is 237 g/mol. The van der Waals surface area contributed by atoms with E-state index in [1.54, 1.807) is 0 Å². The molecule has 4 fully saturated rings. The van der Waals surface area contributed by atoms with Crippen molar-refractivity contribution in [3.63, 3.8) is 0 Å². The number of aliphatic hydroxyl groups is 1. The van der Waals surface area contributed by atoms with E-state index in [9.17, 15) is 5.11 Å². The third-order valence-corrected chi connectivity index (χ3v) is 5.83. The van der Waals surface area contributed by atoms with Gasteiger partial charge in [-0.2, -0.15) is 0 Å². The van der Waals surface area contributed by atoms with Crippen molar-refractivity contribution in [2.45, 2.75) is 57.4 Å². The Hall–Kier alpha value is -0.0800. The number of hydrogen-bond acceptors (Lipinski definition) is 2. The van der Waals surface area contributed by atoms with Crippen LogP contribution in [0.2, 0.25) is 0 Å². The van der Waals surface area contributed by atoms with Crippen LogP contribution in [0.25, 0.3) is 0 Å². The minimum absolute atomic E-state index is 0.125. The molecule has 0 aromatic carbocycles. The van der Waals surface area contributed by atoms with E-state index in [2.05, 4.69) is 0 Å². The van der Waals surface area contributed by atoms with Crippen LogP contribution in [0.15, 0.2) is 0 Å². The van der Waals surface area contributed by atoms with Gasteiger partial charge >= 0.3 is 0 Å². The molecular weight excluding hydrogens is 210 g/mol. The van der Waals surface area contributed by atoms with Gasteiger partial charge in [-0.15, -0.1) is 0 Å². The SMILES string of the molecule is CC(N)(CO)CCC1C2CC3CC(C2)CC1C3. The van der Waals surface area contributed by atoms with Crippen LogP contribution in [0.4, 0.5) is 0 Å². The van der Waals surface area contributed by atoms with Crippen molar-refractivity contribution < 1.29 is 5.11 Å². The van der Waals surface area contributed by atoms with E-state index >= 15 is 0 Å². The Morgan fingerprint density at radius 1 is 1.06 bits per heavy atom. The lowest BCUT2D eigenvalue weighted by molar-refractivity contribution is -0.0427. The van der Waals surface area contributed by atoms with Gasteiger partial charge in [0.25, 0.3) is 0 Å². The molecule has 1 atom stereocenters. The summed E-state index contributed by atoms with van der Waals surface area (Å²) in [5.74, 6) is 5.06. The maximum absolute atomic E-state index is 9.25. The standard InChI is InChI=1S/C15H27NO/c1-15(16,9-17)3-2-14-12-5-10-4-11(7-12)8-13(14)6-10/h10-14,17H,2-9,16H2,1H3. The molecule has 0 heterocycles. The lowest BCUT2D eigenvalue weighted by atomic mass is 9.51. The second-order valence-corrected chi connectivity index (χ2v) is 7.45. The summed E-state index contributed by atoms with van der Waals surface area (Å²) in [5.41, 5.74) is 5.72. The molecule has 4 aliphatic rings. The van der Waals surface area contributed by atoms with Crippen molar-refractivity contribution in [2.75, 3.05) is 6.61 Å². The van der Waals surface area contributed by atoms with Gasteiger partial charge in [0.05, 0.1) is 6.61 Å². The largest absolute Gasteiger partial charge is 0.394 e. The zero-order valence-electron chi connectivity index (χ0n) is 11.1. The second kappa shape index (κ2) is 4.24. The van der Waals surface area contributed by atoms with E-state index in [1.165, 1.54) is 38.5 Å². The van der Waals surface area contributed by atoms with Crippen molar-refractivity contribution in [3.8, 4) is 0 Å². The Morgan fingerprint density at radius 2 is 1.59 bits per heavy atom. The fourth-order valence-electron chi connectivity index (χ4n) is 5.08. The van der Waals surface area contributed by atoms with E-state index < -0.39 is 0 Å². The predicted octanol–water partition coefficient (Wildman–Crippen LogP) is 2.55. The molecule has 0 spiro atoms.